The van der Waals surface area contributed by atoms with E-state index in [-0.39, 0.29) is 31.1 Å². The second-order valence-electron chi connectivity index (χ2n) is 16.3. The van der Waals surface area contributed by atoms with Crippen LogP contribution >= 0.6 is 0 Å². The smallest absolute Gasteiger partial charge is 0.306 e. The van der Waals surface area contributed by atoms with Crippen LogP contribution < -0.4 is 0 Å². The molecule has 0 N–H and O–H groups in total. The van der Waals surface area contributed by atoms with Crippen LogP contribution in [-0.2, 0) is 28.6 Å². The van der Waals surface area contributed by atoms with Crippen molar-refractivity contribution in [1.29, 1.82) is 0 Å². The lowest BCUT2D eigenvalue weighted by atomic mass is 10.1. The Morgan fingerprint density at radius 2 is 0.656 bits per heavy atom. The summed E-state index contributed by atoms with van der Waals surface area (Å²) in [5.74, 6) is -0.948. The van der Waals surface area contributed by atoms with Gasteiger partial charge in [0.1, 0.15) is 13.2 Å². The van der Waals surface area contributed by atoms with Crippen molar-refractivity contribution in [3.63, 3.8) is 0 Å². The number of carbonyl (C=O) groups excluding carboxylic acids is 3. The third-order valence-electron chi connectivity index (χ3n) is 10.4. The molecule has 0 amide bonds. The molecule has 0 rings (SSSR count). The molecule has 348 valence electrons. The van der Waals surface area contributed by atoms with Gasteiger partial charge in [-0.15, -0.1) is 0 Å². The van der Waals surface area contributed by atoms with Crippen molar-refractivity contribution in [3.05, 3.63) is 85.1 Å². The molecule has 1 atom stereocenters. The Morgan fingerprint density at radius 3 is 1.07 bits per heavy atom. The van der Waals surface area contributed by atoms with Crippen molar-refractivity contribution < 1.29 is 28.6 Å². The second-order valence-corrected chi connectivity index (χ2v) is 16.3. The monoisotopic (exact) mass is 849 g/mol. The molecule has 0 aliphatic rings. The van der Waals surface area contributed by atoms with E-state index in [4.69, 9.17) is 14.2 Å². The Labute approximate surface area is 375 Å². The van der Waals surface area contributed by atoms with Gasteiger partial charge in [0.15, 0.2) is 6.10 Å². The zero-order valence-corrected chi connectivity index (χ0v) is 39.7. The molecule has 0 aromatic heterocycles. The minimum Gasteiger partial charge on any atom is -0.462 e. The molecule has 0 saturated carbocycles. The van der Waals surface area contributed by atoms with Crippen LogP contribution in [-0.4, -0.2) is 37.2 Å². The van der Waals surface area contributed by atoms with Crippen LogP contribution in [0.1, 0.15) is 226 Å². The average Bonchev–Trinajstić information content (AvgIpc) is 3.26. The van der Waals surface area contributed by atoms with Gasteiger partial charge in [-0.05, 0) is 109 Å². The van der Waals surface area contributed by atoms with E-state index in [9.17, 15) is 14.4 Å². The van der Waals surface area contributed by atoms with Crippen LogP contribution in [0, 0.1) is 0 Å². The van der Waals surface area contributed by atoms with Crippen LogP contribution in [0.15, 0.2) is 85.1 Å². The highest BCUT2D eigenvalue weighted by atomic mass is 16.6. The number of hydrogen-bond donors (Lipinski definition) is 0. The van der Waals surface area contributed by atoms with Crippen molar-refractivity contribution in [2.24, 2.45) is 0 Å². The van der Waals surface area contributed by atoms with Gasteiger partial charge in [-0.3, -0.25) is 14.4 Å². The first-order valence-electron chi connectivity index (χ1n) is 25.1. The quantitative estimate of drug-likeness (QED) is 0.0263. The van der Waals surface area contributed by atoms with Gasteiger partial charge in [0.25, 0.3) is 0 Å². The number of allylic oxidation sites excluding steroid dienone is 14. The SMILES string of the molecule is CC/C=C\C/C=C\C/C=C\CCCCCCCC(=O)O[C@H](COC(=O)CCCCCC/C=C\C/C=C\C/C=C\CCCCC)COC(=O)CCCCCCC/C=C\CCCC. The molecule has 0 bridgehead atoms. The van der Waals surface area contributed by atoms with Gasteiger partial charge in [-0.2, -0.15) is 0 Å². The predicted molar refractivity (Wildman–Crippen MR) is 261 cm³/mol. The zero-order valence-electron chi connectivity index (χ0n) is 39.7. The Morgan fingerprint density at radius 1 is 0.344 bits per heavy atom. The second kappa shape index (κ2) is 49.2. The maximum Gasteiger partial charge on any atom is 0.306 e. The van der Waals surface area contributed by atoms with E-state index in [0.29, 0.717) is 19.3 Å². The Hall–Kier alpha value is -3.41. The van der Waals surface area contributed by atoms with Crippen molar-refractivity contribution in [2.75, 3.05) is 13.2 Å². The third-order valence-corrected chi connectivity index (χ3v) is 10.4. The van der Waals surface area contributed by atoms with E-state index in [2.05, 4.69) is 106 Å². The van der Waals surface area contributed by atoms with Gasteiger partial charge in [0.2, 0.25) is 0 Å². The summed E-state index contributed by atoms with van der Waals surface area (Å²) >= 11 is 0. The minimum atomic E-state index is -0.797. The lowest BCUT2D eigenvalue weighted by molar-refractivity contribution is -0.167. The van der Waals surface area contributed by atoms with E-state index in [1.807, 2.05) is 0 Å². The number of carbonyl (C=O) groups is 3. The highest BCUT2D eigenvalue weighted by molar-refractivity contribution is 5.71. The molecular weight excluding hydrogens is 757 g/mol. The first kappa shape index (κ1) is 57.6. The van der Waals surface area contributed by atoms with E-state index in [1.54, 1.807) is 0 Å². The van der Waals surface area contributed by atoms with Crippen molar-refractivity contribution in [2.45, 2.75) is 232 Å². The first-order valence-corrected chi connectivity index (χ1v) is 25.1. The van der Waals surface area contributed by atoms with E-state index >= 15 is 0 Å². The molecule has 0 spiro atoms. The molecule has 0 unspecified atom stereocenters. The number of ether oxygens (including phenoxy) is 3. The van der Waals surface area contributed by atoms with Crippen LogP contribution in [0.5, 0.6) is 0 Å². The van der Waals surface area contributed by atoms with Gasteiger partial charge in [0.05, 0.1) is 0 Å². The molecule has 61 heavy (non-hydrogen) atoms. The predicted octanol–water partition coefficient (Wildman–Crippen LogP) is 16.4. The highest BCUT2D eigenvalue weighted by Gasteiger charge is 2.19. The van der Waals surface area contributed by atoms with E-state index in [1.165, 1.54) is 51.4 Å². The molecule has 0 heterocycles. The molecule has 0 aliphatic carbocycles. The lowest BCUT2D eigenvalue weighted by Crippen LogP contribution is -2.30. The molecule has 6 heteroatoms. The van der Waals surface area contributed by atoms with Crippen LogP contribution in [0.3, 0.4) is 0 Å². The fourth-order valence-corrected chi connectivity index (χ4v) is 6.56. The number of hydrogen-bond acceptors (Lipinski definition) is 6. The fourth-order valence-electron chi connectivity index (χ4n) is 6.56. The summed E-state index contributed by atoms with van der Waals surface area (Å²) < 4.78 is 16.7. The normalized spacial score (nSPS) is 12.8. The summed E-state index contributed by atoms with van der Waals surface area (Å²) in [6.45, 7) is 6.41. The van der Waals surface area contributed by atoms with Crippen LogP contribution in [0.2, 0.25) is 0 Å². The average molecular weight is 849 g/mol. The minimum absolute atomic E-state index is 0.0963. The van der Waals surface area contributed by atoms with Crippen LogP contribution in [0.25, 0.3) is 0 Å². The number of esters is 3. The van der Waals surface area contributed by atoms with E-state index in [0.717, 1.165) is 135 Å². The molecule has 0 aliphatic heterocycles. The molecule has 6 nitrogen and oxygen atoms in total. The largest absolute Gasteiger partial charge is 0.462 e. The Balaban J connectivity index is 4.46. The first-order chi connectivity index (χ1) is 30.0. The van der Waals surface area contributed by atoms with Crippen molar-refractivity contribution >= 4 is 17.9 Å². The van der Waals surface area contributed by atoms with Gasteiger partial charge in [-0.1, -0.05) is 183 Å². The Bertz CT molecular complexity index is 1200. The molecule has 0 aromatic carbocycles. The molecule has 0 fully saturated rings. The molecule has 0 aromatic rings. The summed E-state index contributed by atoms with van der Waals surface area (Å²) in [5.41, 5.74) is 0. The summed E-state index contributed by atoms with van der Waals surface area (Å²) in [5, 5.41) is 0. The number of unbranched alkanes of at least 4 members (excludes halogenated alkanes) is 19. The van der Waals surface area contributed by atoms with E-state index < -0.39 is 6.10 Å². The summed E-state index contributed by atoms with van der Waals surface area (Å²) in [6, 6.07) is 0. The standard InChI is InChI=1S/C55H92O6/c1-4-7-10-13-16-19-22-24-26-27-29-30-33-36-39-42-45-48-54(57)60-51-52(50-59-53(56)47-44-41-38-35-32-21-18-15-12-9-6-3)61-55(58)49-46-43-40-37-34-31-28-25-23-20-17-14-11-8-5-2/h8,11,15-20,24-26,28-30,52H,4-7,9-10,12-14,21-23,27,31-51H2,1-3H3/b11-8-,18-15-,19-16-,20-17-,26-24-,28-25-,30-29-/t52-/m0/s1. The van der Waals surface area contributed by atoms with Gasteiger partial charge in [0, 0.05) is 19.3 Å². The van der Waals surface area contributed by atoms with Crippen LogP contribution in [0.4, 0.5) is 0 Å². The summed E-state index contributed by atoms with van der Waals surface area (Å²) in [4.78, 5) is 37.9. The molecular formula is C55H92O6. The molecule has 0 saturated heterocycles. The number of rotatable bonds is 44. The van der Waals surface area contributed by atoms with Crippen molar-refractivity contribution in [3.8, 4) is 0 Å². The third kappa shape index (κ3) is 47.5. The fraction of sp³-hybridized carbons (Fsp3) is 0.691. The maximum atomic E-state index is 12.8. The highest BCUT2D eigenvalue weighted by Crippen LogP contribution is 2.13. The topological polar surface area (TPSA) is 78.9 Å². The molecule has 0 radical (unpaired) electrons. The van der Waals surface area contributed by atoms with Gasteiger partial charge >= 0.3 is 17.9 Å². The van der Waals surface area contributed by atoms with Gasteiger partial charge in [-0.25, -0.2) is 0 Å². The summed E-state index contributed by atoms with van der Waals surface area (Å²) in [7, 11) is 0. The summed E-state index contributed by atoms with van der Waals surface area (Å²) in [6.07, 6.45) is 62.7. The maximum absolute atomic E-state index is 12.8. The zero-order chi connectivity index (χ0) is 44.4. The van der Waals surface area contributed by atoms with Gasteiger partial charge < -0.3 is 14.2 Å². The lowest BCUT2D eigenvalue weighted by Gasteiger charge is -2.18. The Kier molecular flexibility index (Phi) is 46.5. The van der Waals surface area contributed by atoms with Crippen molar-refractivity contribution in [1.82, 2.24) is 0 Å².